The predicted octanol–water partition coefficient (Wildman–Crippen LogP) is 4.61. The van der Waals surface area contributed by atoms with Gasteiger partial charge >= 0.3 is 0 Å². The second-order valence-electron chi connectivity index (χ2n) is 7.07. The van der Waals surface area contributed by atoms with E-state index in [1.54, 1.807) is 45.6 Å². The molecule has 6 heteroatoms. The Labute approximate surface area is 181 Å². The summed E-state index contributed by atoms with van der Waals surface area (Å²) in [7, 11) is 4.65. The smallest absolute Gasteiger partial charge is 0.203 e. The first-order chi connectivity index (χ1) is 15.2. The molecule has 2 unspecified atom stereocenters. The van der Waals surface area contributed by atoms with Crippen LogP contribution >= 0.6 is 0 Å². The number of methoxy groups -OCH3 is 3. The molecule has 6 nitrogen and oxygen atoms in total. The Morgan fingerprint density at radius 2 is 1.48 bits per heavy atom. The van der Waals surface area contributed by atoms with Crippen molar-refractivity contribution in [2.45, 2.75) is 18.8 Å². The van der Waals surface area contributed by atoms with Crippen molar-refractivity contribution in [1.82, 2.24) is 0 Å². The van der Waals surface area contributed by atoms with Crippen molar-refractivity contribution in [3.05, 3.63) is 83.4 Å². The minimum absolute atomic E-state index is 0.123. The maximum atomic E-state index is 13.2. The second-order valence-corrected chi connectivity index (χ2v) is 7.07. The molecule has 0 spiro atoms. The van der Waals surface area contributed by atoms with Crippen molar-refractivity contribution < 1.29 is 28.5 Å². The van der Waals surface area contributed by atoms with Crippen molar-refractivity contribution >= 4 is 5.78 Å². The van der Waals surface area contributed by atoms with Crippen LogP contribution in [0.2, 0.25) is 0 Å². The lowest BCUT2D eigenvalue weighted by molar-refractivity contribution is 0.0949. The lowest BCUT2D eigenvalue weighted by Gasteiger charge is -2.13. The van der Waals surface area contributed by atoms with Crippen LogP contribution in [0.15, 0.2) is 66.7 Å². The fourth-order valence-corrected chi connectivity index (χ4v) is 3.52. The Balaban J connectivity index is 1.52. The largest absolute Gasteiger partial charge is 0.493 e. The molecule has 0 radical (unpaired) electrons. The molecule has 2 atom stereocenters. The normalized spacial score (nSPS) is 17.0. The molecule has 0 aromatic heterocycles. The van der Waals surface area contributed by atoms with Gasteiger partial charge in [0.25, 0.3) is 0 Å². The molecule has 4 rings (SSSR count). The first-order valence-corrected chi connectivity index (χ1v) is 9.91. The highest BCUT2D eigenvalue weighted by atomic mass is 16.6. The van der Waals surface area contributed by atoms with Crippen molar-refractivity contribution in [1.29, 1.82) is 0 Å². The van der Waals surface area contributed by atoms with Crippen LogP contribution in [0.5, 0.6) is 23.0 Å². The Morgan fingerprint density at radius 1 is 0.839 bits per heavy atom. The molecule has 31 heavy (non-hydrogen) atoms. The minimum atomic E-state index is -0.593. The molecule has 0 aliphatic carbocycles. The molecular formula is C25H24O6. The van der Waals surface area contributed by atoms with Crippen molar-refractivity contribution in [3.63, 3.8) is 0 Å². The Morgan fingerprint density at radius 3 is 2.13 bits per heavy atom. The summed E-state index contributed by atoms with van der Waals surface area (Å²) in [6.07, 6.45) is -0.979. The third-order valence-corrected chi connectivity index (χ3v) is 5.16. The third kappa shape index (κ3) is 4.34. The highest BCUT2D eigenvalue weighted by molar-refractivity contribution is 6.03. The van der Waals surface area contributed by atoms with Crippen molar-refractivity contribution in [2.75, 3.05) is 21.3 Å². The summed E-state index contributed by atoms with van der Waals surface area (Å²) in [4.78, 5) is 13.2. The summed E-state index contributed by atoms with van der Waals surface area (Å²) in [5.74, 6) is 1.95. The van der Waals surface area contributed by atoms with Gasteiger partial charge in [-0.15, -0.1) is 0 Å². The summed E-state index contributed by atoms with van der Waals surface area (Å²) < 4.78 is 27.9. The zero-order chi connectivity index (χ0) is 21.8. The highest BCUT2D eigenvalue weighted by Gasteiger charge is 2.47. The van der Waals surface area contributed by atoms with Crippen LogP contribution in [0.3, 0.4) is 0 Å². The van der Waals surface area contributed by atoms with E-state index in [1.165, 1.54) is 0 Å². The fraction of sp³-hybridized carbons (Fsp3) is 0.240. The van der Waals surface area contributed by atoms with Gasteiger partial charge in [0.05, 0.1) is 26.9 Å². The number of epoxide rings is 1. The average molecular weight is 420 g/mol. The minimum Gasteiger partial charge on any atom is -0.493 e. The van der Waals surface area contributed by atoms with Gasteiger partial charge in [-0.25, -0.2) is 0 Å². The van der Waals surface area contributed by atoms with E-state index in [2.05, 4.69) is 0 Å². The summed E-state index contributed by atoms with van der Waals surface area (Å²) in [5.41, 5.74) is 2.32. The average Bonchev–Trinajstić information content (AvgIpc) is 3.63. The molecule has 1 saturated heterocycles. The number of hydrogen-bond acceptors (Lipinski definition) is 6. The van der Waals surface area contributed by atoms with Gasteiger partial charge in [0, 0.05) is 0 Å². The monoisotopic (exact) mass is 420 g/mol. The number of ether oxygens (including phenoxy) is 5. The van der Waals surface area contributed by atoms with Gasteiger partial charge in [0.15, 0.2) is 23.4 Å². The van der Waals surface area contributed by atoms with Gasteiger partial charge in [-0.1, -0.05) is 42.5 Å². The zero-order valence-corrected chi connectivity index (χ0v) is 17.7. The van der Waals surface area contributed by atoms with E-state index in [1.807, 2.05) is 42.5 Å². The number of carbonyl (C=O) groups excluding carboxylic acids is 1. The molecule has 1 heterocycles. The van der Waals surface area contributed by atoms with Crippen LogP contribution in [-0.4, -0.2) is 33.2 Å². The van der Waals surface area contributed by atoms with E-state index in [9.17, 15) is 4.79 Å². The van der Waals surface area contributed by atoms with E-state index >= 15 is 0 Å². The number of para-hydroxylation sites is 1. The number of rotatable bonds is 9. The van der Waals surface area contributed by atoms with Crippen LogP contribution in [0, 0.1) is 0 Å². The lowest BCUT2D eigenvalue weighted by Crippen LogP contribution is -2.11. The maximum absolute atomic E-state index is 13.2. The SMILES string of the molecule is COc1cc(C2OC2C(=O)c2ccccc2OCc2ccccc2)cc(OC)c1OC. The third-order valence-electron chi connectivity index (χ3n) is 5.16. The van der Waals surface area contributed by atoms with E-state index in [4.69, 9.17) is 23.7 Å². The molecule has 1 aliphatic heterocycles. The Kier molecular flexibility index (Phi) is 6.09. The molecule has 0 saturated carbocycles. The number of Topliss-reactive ketones (excluding diaryl/α,β-unsaturated/α-hetero) is 1. The van der Waals surface area contributed by atoms with Crippen molar-refractivity contribution in [2.24, 2.45) is 0 Å². The van der Waals surface area contributed by atoms with Gasteiger partial charge in [-0.2, -0.15) is 0 Å². The maximum Gasteiger partial charge on any atom is 0.203 e. The first-order valence-electron chi connectivity index (χ1n) is 9.91. The van der Waals surface area contributed by atoms with Crippen molar-refractivity contribution in [3.8, 4) is 23.0 Å². The molecule has 0 N–H and O–H groups in total. The second kappa shape index (κ2) is 9.10. The van der Waals surface area contributed by atoms with Gasteiger partial charge < -0.3 is 23.7 Å². The highest BCUT2D eigenvalue weighted by Crippen LogP contribution is 2.47. The molecule has 3 aromatic rings. The molecule has 0 bridgehead atoms. The van der Waals surface area contributed by atoms with Gasteiger partial charge in [0.2, 0.25) is 5.75 Å². The first kappa shape index (κ1) is 20.8. The number of benzene rings is 3. The molecular weight excluding hydrogens is 396 g/mol. The number of ketones is 1. The van der Waals surface area contributed by atoms with Gasteiger partial charge in [-0.3, -0.25) is 4.79 Å². The van der Waals surface area contributed by atoms with E-state index in [0.29, 0.717) is 35.2 Å². The summed E-state index contributed by atoms with van der Waals surface area (Å²) in [5, 5.41) is 0. The van der Waals surface area contributed by atoms with Gasteiger partial charge in [-0.05, 0) is 35.4 Å². The molecule has 160 valence electrons. The van der Waals surface area contributed by atoms with Crippen LogP contribution in [-0.2, 0) is 11.3 Å². The van der Waals surface area contributed by atoms with E-state index < -0.39 is 6.10 Å². The Bertz CT molecular complexity index is 1040. The van der Waals surface area contributed by atoms with Crippen LogP contribution in [0.4, 0.5) is 0 Å². The summed E-state index contributed by atoms with van der Waals surface area (Å²) in [6.45, 7) is 0.382. The van der Waals surface area contributed by atoms with Crippen LogP contribution in [0.1, 0.15) is 27.6 Å². The van der Waals surface area contributed by atoms with E-state index in [0.717, 1.165) is 11.1 Å². The number of carbonyl (C=O) groups is 1. The fourth-order valence-electron chi connectivity index (χ4n) is 3.52. The van der Waals surface area contributed by atoms with Crippen LogP contribution in [0.25, 0.3) is 0 Å². The quantitative estimate of drug-likeness (QED) is 0.372. The predicted molar refractivity (Wildman–Crippen MR) is 115 cm³/mol. The standard InChI is InChI=1S/C25H24O6/c1-27-20-13-17(14-21(28-2)24(20)29-3)23-25(31-23)22(26)18-11-7-8-12-19(18)30-15-16-9-5-4-6-10-16/h4-14,23,25H,15H2,1-3H3. The number of hydrogen-bond donors (Lipinski definition) is 0. The summed E-state index contributed by atoms with van der Waals surface area (Å²) >= 11 is 0. The molecule has 1 fully saturated rings. The van der Waals surface area contributed by atoms with E-state index in [-0.39, 0.29) is 11.9 Å². The molecule has 1 aliphatic rings. The van der Waals surface area contributed by atoms with Gasteiger partial charge in [0.1, 0.15) is 18.5 Å². The Hall–Kier alpha value is -3.51. The molecule has 0 amide bonds. The summed E-state index contributed by atoms with van der Waals surface area (Å²) in [6, 6.07) is 20.7. The zero-order valence-electron chi connectivity index (χ0n) is 17.7. The topological polar surface area (TPSA) is 66.5 Å². The lowest BCUT2D eigenvalue weighted by atomic mass is 10.0. The van der Waals surface area contributed by atoms with Crippen LogP contribution < -0.4 is 18.9 Å². The molecule has 3 aromatic carbocycles.